The summed E-state index contributed by atoms with van der Waals surface area (Å²) in [5.74, 6) is 0.337. The Kier molecular flexibility index (Phi) is 5.90. The molecule has 0 bridgehead atoms. The van der Waals surface area contributed by atoms with Gasteiger partial charge in [0.25, 0.3) is 0 Å². The van der Waals surface area contributed by atoms with Gasteiger partial charge in [-0.3, -0.25) is 4.99 Å². The Hall–Kier alpha value is -2.58. The Morgan fingerprint density at radius 2 is 1.86 bits per heavy atom. The summed E-state index contributed by atoms with van der Waals surface area (Å²) < 4.78 is 25.1. The molecule has 3 rings (SSSR count). The summed E-state index contributed by atoms with van der Waals surface area (Å²) >= 11 is 5.85. The highest BCUT2D eigenvalue weighted by Gasteiger charge is 2.29. The van der Waals surface area contributed by atoms with Crippen molar-refractivity contribution in [2.75, 3.05) is 30.8 Å². The van der Waals surface area contributed by atoms with E-state index in [-0.39, 0.29) is 17.2 Å². The average Bonchev–Trinajstić information content (AvgIpc) is 2.99. The van der Waals surface area contributed by atoms with Gasteiger partial charge >= 0.3 is 0 Å². The van der Waals surface area contributed by atoms with Crippen molar-refractivity contribution >= 4 is 39.1 Å². The summed E-state index contributed by atoms with van der Waals surface area (Å²) in [6.07, 6.45) is -1.38. The molecule has 0 saturated heterocycles. The van der Waals surface area contributed by atoms with Crippen molar-refractivity contribution in [2.45, 2.75) is 10.9 Å². The number of halogens is 1. The van der Waals surface area contributed by atoms with E-state index < -0.39 is 22.0 Å². The van der Waals surface area contributed by atoms with Crippen LogP contribution in [0.1, 0.15) is 0 Å². The van der Waals surface area contributed by atoms with Crippen LogP contribution in [0.5, 0.6) is 0 Å². The van der Waals surface area contributed by atoms with E-state index in [0.29, 0.717) is 23.1 Å². The molecule has 9 heteroatoms. The van der Waals surface area contributed by atoms with E-state index in [0.717, 1.165) is 4.90 Å². The van der Waals surface area contributed by atoms with E-state index in [2.05, 4.69) is 4.99 Å². The Labute approximate surface area is 168 Å². The van der Waals surface area contributed by atoms with Crippen molar-refractivity contribution in [1.29, 1.82) is 0 Å². The molecule has 1 amide bonds. The number of benzene rings is 2. The van der Waals surface area contributed by atoms with Crippen LogP contribution < -0.4 is 10.0 Å². The fraction of sp³-hybridized carbons (Fsp3) is 0.263. The first-order valence-electron chi connectivity index (χ1n) is 8.56. The Balaban J connectivity index is 1.76. The fourth-order valence-corrected chi connectivity index (χ4v) is 4.60. The van der Waals surface area contributed by atoms with Gasteiger partial charge in [0.15, 0.2) is 9.84 Å². The van der Waals surface area contributed by atoms with Gasteiger partial charge in [-0.15, -0.1) is 0 Å². The third kappa shape index (κ3) is 4.63. The number of sulfone groups is 1. The van der Waals surface area contributed by atoms with Crippen molar-refractivity contribution in [2.24, 2.45) is 4.99 Å². The van der Waals surface area contributed by atoms with Crippen LogP contribution in [-0.2, 0) is 9.84 Å². The molecule has 0 spiro atoms. The number of carbonyl (C=O) groups excluding carboxylic acids is 1. The molecule has 28 heavy (non-hydrogen) atoms. The Morgan fingerprint density at radius 3 is 2.46 bits per heavy atom. The summed E-state index contributed by atoms with van der Waals surface area (Å²) in [5, 5.41) is 12.1. The second kappa shape index (κ2) is 8.20. The average molecular weight is 421 g/mol. The topological polar surface area (TPSA) is 93.1 Å². The molecule has 0 aliphatic carbocycles. The standard InChI is InChI=1S/C19H20ClN3O4S/c1-22-11-15(13-28(26,27)17-5-3-2-4-6-17)21-18(22)12-23(19(24)25)16-9-7-14(20)8-10-16/h2-10,15H,11-13H2,1H3,(H,24,25)/p-1. The number of amidine groups is 1. The van der Waals surface area contributed by atoms with Crippen LogP contribution in [0.2, 0.25) is 5.02 Å². The van der Waals surface area contributed by atoms with Crippen LogP contribution in [0, 0.1) is 0 Å². The van der Waals surface area contributed by atoms with Gasteiger partial charge in [0.2, 0.25) is 0 Å². The van der Waals surface area contributed by atoms with Crippen molar-refractivity contribution in [1.82, 2.24) is 4.90 Å². The summed E-state index contributed by atoms with van der Waals surface area (Å²) in [5.41, 5.74) is 0.404. The van der Waals surface area contributed by atoms with Crippen LogP contribution in [0.3, 0.4) is 0 Å². The zero-order valence-corrected chi connectivity index (χ0v) is 16.7. The molecule has 0 N–H and O–H groups in total. The SMILES string of the molecule is CN1CC(CS(=O)(=O)c2ccccc2)N=C1CN(C(=O)[O-])c1ccc(Cl)cc1. The van der Waals surface area contributed by atoms with Crippen LogP contribution in [0.15, 0.2) is 64.5 Å². The number of likely N-dealkylation sites (N-methyl/N-ethyl adjacent to an activating group) is 1. The Bertz CT molecular complexity index is 978. The molecule has 1 heterocycles. The van der Waals surface area contributed by atoms with E-state index in [4.69, 9.17) is 11.6 Å². The van der Waals surface area contributed by atoms with Gasteiger partial charge < -0.3 is 19.7 Å². The minimum atomic E-state index is -3.48. The summed E-state index contributed by atoms with van der Waals surface area (Å²) in [6.45, 7) is 0.352. The second-order valence-corrected chi connectivity index (χ2v) is 8.97. The summed E-state index contributed by atoms with van der Waals surface area (Å²) in [7, 11) is -1.73. The number of aliphatic imine (C=N–C) groups is 1. The van der Waals surface area contributed by atoms with Gasteiger partial charge in [-0.05, 0) is 36.4 Å². The van der Waals surface area contributed by atoms with Gasteiger partial charge in [-0.25, -0.2) is 8.42 Å². The fourth-order valence-electron chi connectivity index (χ4n) is 3.02. The normalized spacial score (nSPS) is 16.7. The monoisotopic (exact) mass is 420 g/mol. The molecule has 0 fully saturated rings. The molecule has 2 aromatic rings. The molecule has 0 radical (unpaired) electrons. The maximum absolute atomic E-state index is 12.6. The van der Waals surface area contributed by atoms with E-state index in [1.807, 2.05) is 0 Å². The zero-order valence-electron chi connectivity index (χ0n) is 15.2. The number of amides is 1. The minimum absolute atomic E-state index is 0.0393. The number of hydrogen-bond acceptors (Lipinski definition) is 6. The molecule has 1 aliphatic rings. The van der Waals surface area contributed by atoms with Gasteiger partial charge in [0.1, 0.15) is 11.9 Å². The number of carboxylic acid groups (broad SMARTS) is 1. The van der Waals surface area contributed by atoms with Gasteiger partial charge in [-0.2, -0.15) is 0 Å². The lowest BCUT2D eigenvalue weighted by Gasteiger charge is -2.27. The van der Waals surface area contributed by atoms with Gasteiger partial charge in [0.05, 0.1) is 23.2 Å². The number of carbonyl (C=O) groups is 1. The Morgan fingerprint density at radius 1 is 1.21 bits per heavy atom. The van der Waals surface area contributed by atoms with E-state index >= 15 is 0 Å². The molecule has 148 valence electrons. The van der Waals surface area contributed by atoms with E-state index in [1.54, 1.807) is 66.5 Å². The highest BCUT2D eigenvalue weighted by Crippen LogP contribution is 2.20. The quantitative estimate of drug-likeness (QED) is 0.708. The van der Waals surface area contributed by atoms with Crippen LogP contribution in [0.25, 0.3) is 0 Å². The van der Waals surface area contributed by atoms with E-state index in [9.17, 15) is 18.3 Å². The first-order chi connectivity index (χ1) is 13.3. The van der Waals surface area contributed by atoms with Crippen molar-refractivity contribution in [3.8, 4) is 0 Å². The van der Waals surface area contributed by atoms with Crippen LogP contribution in [-0.4, -0.2) is 57.2 Å². The smallest absolute Gasteiger partial charge is 0.180 e. The van der Waals surface area contributed by atoms with Crippen LogP contribution >= 0.6 is 11.6 Å². The third-order valence-corrected chi connectivity index (χ3v) is 6.50. The van der Waals surface area contributed by atoms with Crippen molar-refractivity contribution in [3.63, 3.8) is 0 Å². The second-order valence-electron chi connectivity index (χ2n) is 6.50. The predicted molar refractivity (Wildman–Crippen MR) is 107 cm³/mol. The van der Waals surface area contributed by atoms with Crippen LogP contribution in [0.4, 0.5) is 10.5 Å². The molecular formula is C19H19ClN3O4S-. The van der Waals surface area contributed by atoms with Crippen molar-refractivity contribution in [3.05, 3.63) is 59.6 Å². The first kappa shape index (κ1) is 20.2. The minimum Gasteiger partial charge on any atom is -0.530 e. The highest BCUT2D eigenvalue weighted by atomic mass is 35.5. The number of hydrogen-bond donors (Lipinski definition) is 0. The highest BCUT2D eigenvalue weighted by molar-refractivity contribution is 7.91. The molecular weight excluding hydrogens is 402 g/mol. The third-order valence-electron chi connectivity index (χ3n) is 4.43. The molecule has 1 atom stereocenters. The maximum Gasteiger partial charge on any atom is 0.180 e. The lowest BCUT2D eigenvalue weighted by molar-refractivity contribution is -0.246. The van der Waals surface area contributed by atoms with Crippen molar-refractivity contribution < 1.29 is 18.3 Å². The summed E-state index contributed by atoms with van der Waals surface area (Å²) in [4.78, 5) is 19.1. The number of nitrogens with zero attached hydrogens (tertiary/aromatic N) is 3. The predicted octanol–water partition coefficient (Wildman–Crippen LogP) is 1.68. The van der Waals surface area contributed by atoms with E-state index in [1.165, 1.54) is 0 Å². The molecule has 1 aliphatic heterocycles. The maximum atomic E-state index is 12.6. The molecule has 2 aromatic carbocycles. The molecule has 7 nitrogen and oxygen atoms in total. The molecule has 1 unspecified atom stereocenters. The summed E-state index contributed by atoms with van der Waals surface area (Å²) in [6, 6.07) is 14.1. The number of rotatable bonds is 6. The zero-order chi connectivity index (χ0) is 20.3. The largest absolute Gasteiger partial charge is 0.530 e. The van der Waals surface area contributed by atoms with Gasteiger partial charge in [-0.1, -0.05) is 29.8 Å². The lowest BCUT2D eigenvalue weighted by atomic mass is 10.3. The molecule has 0 saturated carbocycles. The lowest BCUT2D eigenvalue weighted by Crippen LogP contribution is -2.46. The number of anilines is 1. The van der Waals surface area contributed by atoms with Gasteiger partial charge in [0, 0.05) is 24.3 Å². The first-order valence-corrected chi connectivity index (χ1v) is 10.6. The molecule has 0 aromatic heterocycles.